The van der Waals surface area contributed by atoms with Crippen molar-refractivity contribution < 1.29 is 78.9 Å². The second-order valence-corrected chi connectivity index (χ2v) is 34.7. The molecular weight excluding hydrogens is 1490 g/mol. The molecule has 604 valence electrons. The minimum Gasteiger partial charge on any atom is -0.497 e. The summed E-state index contributed by atoms with van der Waals surface area (Å²) >= 11 is 6.47. The van der Waals surface area contributed by atoms with E-state index in [0.29, 0.717) is 94.7 Å². The number of ether oxygens (including phenoxy) is 10. The van der Waals surface area contributed by atoms with Crippen LogP contribution in [0.5, 0.6) is 35.3 Å². The first-order chi connectivity index (χ1) is 54.0. The lowest BCUT2D eigenvalue weighted by Gasteiger charge is -2.48. The highest BCUT2D eigenvalue weighted by Gasteiger charge is 2.57. The normalized spacial score (nSPS) is 24.9. The van der Waals surface area contributed by atoms with Gasteiger partial charge in [0, 0.05) is 93.9 Å². The van der Waals surface area contributed by atoms with E-state index in [2.05, 4.69) is 24.7 Å². The molecule has 3 aromatic carbocycles. The molecule has 8 aliphatic heterocycles. The van der Waals surface area contributed by atoms with Gasteiger partial charge in [-0.3, -0.25) is 19.6 Å². The van der Waals surface area contributed by atoms with E-state index < -0.39 is 99.5 Å². The molecular formula is C82H97ClF5N13O12. The molecule has 0 N–H and O–H groups in total. The number of alkyl halides is 3. The van der Waals surface area contributed by atoms with E-state index in [-0.39, 0.29) is 119 Å². The minimum atomic E-state index is -4.98. The van der Waals surface area contributed by atoms with Crippen LogP contribution in [0.15, 0.2) is 60.7 Å². The van der Waals surface area contributed by atoms with Gasteiger partial charge in [-0.25, -0.2) is 23.4 Å². The number of amides is 2. The maximum absolute atomic E-state index is 18.6. The van der Waals surface area contributed by atoms with Crippen molar-refractivity contribution in [2.45, 2.75) is 198 Å². The van der Waals surface area contributed by atoms with Crippen molar-refractivity contribution >= 4 is 62.9 Å². The van der Waals surface area contributed by atoms with Gasteiger partial charge in [0.1, 0.15) is 74.0 Å². The van der Waals surface area contributed by atoms with Crippen LogP contribution in [0.2, 0.25) is 5.15 Å². The summed E-state index contributed by atoms with van der Waals surface area (Å²) in [5, 5.41) is -0.0360. The summed E-state index contributed by atoms with van der Waals surface area (Å²) in [5.74, 6) is -0.0770. The number of benzene rings is 3. The number of anilines is 3. The molecule has 1 unspecified atom stereocenters. The second kappa shape index (κ2) is 29.5. The molecule has 4 aromatic heterocycles. The fraction of sp³-hybridized carbons (Fsp3) is 0.585. The number of nitrogens with zero attached hydrogens (tertiary/aromatic N) is 13. The predicted octanol–water partition coefficient (Wildman–Crippen LogP) is 13.4. The van der Waals surface area contributed by atoms with Crippen molar-refractivity contribution in [3.8, 4) is 46.5 Å². The first kappa shape index (κ1) is 76.8. The zero-order chi connectivity index (χ0) is 78.9. The van der Waals surface area contributed by atoms with E-state index in [9.17, 15) is 4.79 Å². The third kappa shape index (κ3) is 15.1. The number of rotatable bonds is 21. The van der Waals surface area contributed by atoms with Crippen LogP contribution in [-0.4, -0.2) is 227 Å². The fourth-order valence-corrected chi connectivity index (χ4v) is 18.9. The Balaban J connectivity index is 0.617. The number of methoxy groups -OCH3 is 2. The molecule has 10 aliphatic rings. The average molecular weight is 1590 g/mol. The van der Waals surface area contributed by atoms with Crippen LogP contribution in [0.4, 0.5) is 48.9 Å². The summed E-state index contributed by atoms with van der Waals surface area (Å²) in [4.78, 5) is 72.1. The van der Waals surface area contributed by atoms with Gasteiger partial charge < -0.3 is 62.1 Å². The Hall–Kier alpha value is -8.84. The summed E-state index contributed by atoms with van der Waals surface area (Å²) in [6, 6.07) is 15.0. The highest BCUT2D eigenvalue weighted by Crippen LogP contribution is 2.53. The minimum absolute atomic E-state index is 0.0134. The highest BCUT2D eigenvalue weighted by atomic mass is 35.5. The van der Waals surface area contributed by atoms with Crippen LogP contribution in [0.25, 0.3) is 33.1 Å². The van der Waals surface area contributed by atoms with Crippen molar-refractivity contribution in [3.63, 3.8) is 0 Å². The number of halogens is 6. The van der Waals surface area contributed by atoms with Gasteiger partial charge in [-0.15, -0.1) is 0 Å². The van der Waals surface area contributed by atoms with Crippen LogP contribution in [-0.2, 0) is 38.2 Å². The SMILES string of the molecule is COc1ccc(CN(Cc2ccc(OC)cc2)c2cc(C)c(C(F)(F)F)c(-c3nc4c5c(nc(OCC6(CN7CCOCC7)CC6)nc5c3F)N3C[C@H]5CC[C@@H]([C@H]3[C@H](C)O4)N5C(=O)OC(C)(C)CC3CN(CC4(COc5nc6c7c(nc(Cl)c(F)c7n5)O[C@@H](C)[C@@H]5[C@@H]7CC[C@H](CN65)N7C(=O)OC(C)(C)C)CC4)CCO3)c2)cc1. The monoisotopic (exact) mass is 1590 g/mol. The third-order valence-electron chi connectivity index (χ3n) is 24.5. The summed E-state index contributed by atoms with van der Waals surface area (Å²) in [6.07, 6.45) is -1.14. The number of carbonyl (C=O) groups excluding carboxylic acids is 2. The molecule has 31 heteroatoms. The van der Waals surface area contributed by atoms with Crippen molar-refractivity contribution in [2.24, 2.45) is 10.8 Å². The summed E-state index contributed by atoms with van der Waals surface area (Å²) in [5.41, 5.74) is -2.96. The zero-order valence-corrected chi connectivity index (χ0v) is 66.2. The molecule has 2 saturated carbocycles. The van der Waals surface area contributed by atoms with Crippen LogP contribution in [0, 0.1) is 29.4 Å². The van der Waals surface area contributed by atoms with E-state index in [1.807, 2.05) is 112 Å². The lowest BCUT2D eigenvalue weighted by Crippen LogP contribution is -2.65. The van der Waals surface area contributed by atoms with Gasteiger partial charge >= 0.3 is 30.4 Å². The predicted molar refractivity (Wildman–Crippen MR) is 410 cm³/mol. The Morgan fingerprint density at radius 2 is 1.13 bits per heavy atom. The Morgan fingerprint density at radius 1 is 0.628 bits per heavy atom. The number of hydrogen-bond acceptors (Lipinski definition) is 23. The fourth-order valence-electron chi connectivity index (χ4n) is 18.8. The first-order valence-corrected chi connectivity index (χ1v) is 39.9. The van der Waals surface area contributed by atoms with Gasteiger partial charge in [-0.2, -0.15) is 38.1 Å². The quantitative estimate of drug-likeness (QED) is 0.0481. The standard InChI is InChI=1S/C82H97ClF5N13O12/c1-45-33-52(97(36-48-11-17-53(104-9)18-12-48)37-49-13-19-54(105-10)20-14-49)34-56(61(45)82(86,87)88)64-62(84)65-59-70(93-74(90-65)108-43-80(23-24-80)41-95-27-30-106-31-28-95)98-39-51-16-22-58(67(98)46(2)110-72(59)89-64)101(51)77(103)113-79(7,8)35-55-40-96(29-32-107-55)42-81(25-26-81)44-109-75-91-66-60-71(94-75)99-38-50-15-21-57(100(50)76(102)112-78(4,5)6)68(99)47(3)111-73(60)92-69(83)63(66)85/h11-14,17-20,33-34,46-47,50-51,55,57-58,67-68H,15-16,21-32,35-44H2,1-10H3/t46-,47-,50+,51+,55?,57-,58-,67+,68+/m0/s1. The van der Waals surface area contributed by atoms with E-state index in [1.54, 1.807) is 19.1 Å². The van der Waals surface area contributed by atoms with Gasteiger partial charge in [0.2, 0.25) is 11.8 Å². The lowest BCUT2D eigenvalue weighted by atomic mass is 9.95. The molecule has 12 heterocycles. The molecule has 6 saturated heterocycles. The molecule has 0 spiro atoms. The third-order valence-corrected chi connectivity index (χ3v) is 24.7. The van der Waals surface area contributed by atoms with Gasteiger partial charge in [0.25, 0.3) is 0 Å². The molecule has 25 nitrogen and oxygen atoms in total. The number of piperazine rings is 2. The van der Waals surface area contributed by atoms with E-state index in [4.69, 9.17) is 78.9 Å². The number of pyridine rings is 2. The topological polar surface area (TPSA) is 226 Å². The van der Waals surface area contributed by atoms with Crippen molar-refractivity contribution in [1.29, 1.82) is 0 Å². The summed E-state index contributed by atoms with van der Waals surface area (Å²) in [6.45, 7) is 21.8. The van der Waals surface area contributed by atoms with Crippen molar-refractivity contribution in [3.05, 3.63) is 99.7 Å². The molecule has 2 aliphatic carbocycles. The van der Waals surface area contributed by atoms with Gasteiger partial charge in [-0.1, -0.05) is 35.9 Å². The maximum atomic E-state index is 18.6. The molecule has 8 fully saturated rings. The number of fused-ring (bicyclic) bond motifs is 10. The largest absolute Gasteiger partial charge is 0.497 e. The summed E-state index contributed by atoms with van der Waals surface area (Å²) in [7, 11) is 3.14. The first-order valence-electron chi connectivity index (χ1n) is 39.5. The number of hydrogen-bond donors (Lipinski definition) is 0. The molecule has 0 radical (unpaired) electrons. The Labute approximate surface area is 657 Å². The van der Waals surface area contributed by atoms with Gasteiger partial charge in [-0.05, 0) is 160 Å². The Kier molecular flexibility index (Phi) is 20.0. The van der Waals surface area contributed by atoms with Crippen LogP contribution in [0.3, 0.4) is 0 Å². The number of morpholine rings is 2. The van der Waals surface area contributed by atoms with Crippen molar-refractivity contribution in [2.75, 3.05) is 114 Å². The molecule has 2 amide bonds. The van der Waals surface area contributed by atoms with Gasteiger partial charge in [0.15, 0.2) is 16.8 Å². The Morgan fingerprint density at radius 3 is 1.65 bits per heavy atom. The molecule has 9 atom stereocenters. The van der Waals surface area contributed by atoms with Crippen molar-refractivity contribution in [1.82, 2.24) is 49.5 Å². The Bertz CT molecular complexity index is 4750. The highest BCUT2D eigenvalue weighted by molar-refractivity contribution is 6.30. The maximum Gasteiger partial charge on any atom is 0.417 e. The molecule has 113 heavy (non-hydrogen) atoms. The lowest BCUT2D eigenvalue weighted by molar-refractivity contribution is -0.137. The van der Waals surface area contributed by atoms with Crippen LogP contribution >= 0.6 is 11.6 Å². The van der Waals surface area contributed by atoms with Gasteiger partial charge in [0.05, 0.1) is 95.2 Å². The second-order valence-electron chi connectivity index (χ2n) is 34.3. The average Bonchev–Trinajstić information content (AvgIpc) is 1.66. The van der Waals surface area contributed by atoms with E-state index in [0.717, 1.165) is 62.9 Å². The zero-order valence-electron chi connectivity index (χ0n) is 65.4. The van der Waals surface area contributed by atoms with Crippen LogP contribution in [0.1, 0.15) is 129 Å². The van der Waals surface area contributed by atoms with Crippen LogP contribution < -0.4 is 43.1 Å². The number of aromatic nitrogens is 6. The number of carbonyl (C=O) groups is 2. The smallest absolute Gasteiger partial charge is 0.417 e. The number of aryl methyl sites for hydroxylation is 1. The molecule has 17 rings (SSSR count). The molecule has 4 bridgehead atoms. The van der Waals surface area contributed by atoms with E-state index >= 15 is 26.7 Å². The summed E-state index contributed by atoms with van der Waals surface area (Å²) < 4.78 is 145. The molecule has 7 aromatic rings. The van der Waals surface area contributed by atoms with E-state index in [1.165, 1.54) is 19.1 Å².